The summed E-state index contributed by atoms with van der Waals surface area (Å²) >= 11 is 1.27. The molecule has 2 heterocycles. The number of thiazole rings is 1. The van der Waals surface area contributed by atoms with Crippen molar-refractivity contribution >= 4 is 34.0 Å². The predicted octanol–water partition coefficient (Wildman–Crippen LogP) is 3.33. The van der Waals surface area contributed by atoms with Crippen molar-refractivity contribution < 1.29 is 18.4 Å². The number of aromatic nitrogens is 1. The summed E-state index contributed by atoms with van der Waals surface area (Å²) in [4.78, 5) is 33.2. The lowest BCUT2D eigenvalue weighted by Gasteiger charge is -2.20. The molecule has 3 aromatic rings. The first-order chi connectivity index (χ1) is 15.4. The summed E-state index contributed by atoms with van der Waals surface area (Å²) in [6.07, 6.45) is 1.71. The first kappa shape index (κ1) is 23.4. The molecule has 10 heteroatoms. The van der Waals surface area contributed by atoms with Crippen LogP contribution in [0.15, 0.2) is 52.5 Å². The highest BCUT2D eigenvalue weighted by Gasteiger charge is 2.21. The average molecular weight is 460 g/mol. The molecule has 32 heavy (non-hydrogen) atoms. The van der Waals surface area contributed by atoms with Crippen molar-refractivity contribution in [2.75, 3.05) is 39.0 Å². The number of benzene rings is 1. The molecule has 0 bridgehead atoms. The van der Waals surface area contributed by atoms with Crippen molar-refractivity contribution in [1.82, 2.24) is 20.1 Å². The highest BCUT2D eigenvalue weighted by atomic mass is 32.1. The average Bonchev–Trinajstić information content (AvgIpc) is 3.44. The van der Waals surface area contributed by atoms with Crippen LogP contribution >= 0.6 is 11.3 Å². The van der Waals surface area contributed by atoms with E-state index in [4.69, 9.17) is 4.42 Å². The third-order valence-corrected chi connectivity index (χ3v) is 5.28. The number of nitrogens with one attached hydrogen (secondary N) is 2. The molecule has 0 atom stereocenters. The van der Waals surface area contributed by atoms with Crippen LogP contribution in [0.3, 0.4) is 0 Å². The van der Waals surface area contributed by atoms with Gasteiger partial charge < -0.3 is 24.9 Å². The van der Waals surface area contributed by atoms with Crippen molar-refractivity contribution in [2.24, 2.45) is 0 Å². The summed E-state index contributed by atoms with van der Waals surface area (Å²) < 4.78 is 18.5. The summed E-state index contributed by atoms with van der Waals surface area (Å²) in [5.41, 5.74) is 0.931. The van der Waals surface area contributed by atoms with Gasteiger partial charge in [-0.05, 0) is 50.5 Å². The van der Waals surface area contributed by atoms with Crippen LogP contribution in [0.5, 0.6) is 0 Å². The van der Waals surface area contributed by atoms with E-state index in [0.717, 1.165) is 6.54 Å². The molecule has 2 amide bonds. The Morgan fingerprint density at radius 2 is 1.94 bits per heavy atom. The van der Waals surface area contributed by atoms with Gasteiger partial charge in [-0.25, -0.2) is 9.37 Å². The number of rotatable bonds is 11. The second-order valence-corrected chi connectivity index (χ2v) is 8.24. The van der Waals surface area contributed by atoms with Crippen LogP contribution in [-0.4, -0.2) is 60.3 Å². The van der Waals surface area contributed by atoms with E-state index in [-0.39, 0.29) is 42.8 Å². The fraction of sp³-hybridized carbons (Fsp3) is 0.318. The summed E-state index contributed by atoms with van der Waals surface area (Å²) in [7, 11) is 3.87. The summed E-state index contributed by atoms with van der Waals surface area (Å²) in [6, 6.07) is 9.40. The van der Waals surface area contributed by atoms with Gasteiger partial charge >= 0.3 is 0 Å². The maximum absolute atomic E-state index is 13.1. The second-order valence-electron chi connectivity index (χ2n) is 7.38. The lowest BCUT2D eigenvalue weighted by atomic mass is 10.3. The Morgan fingerprint density at radius 1 is 1.16 bits per heavy atom. The molecule has 0 radical (unpaired) electrons. The quantitative estimate of drug-likeness (QED) is 0.457. The molecule has 0 spiro atoms. The van der Waals surface area contributed by atoms with Gasteiger partial charge in [-0.15, -0.1) is 11.3 Å². The maximum Gasteiger partial charge on any atom is 0.273 e. The van der Waals surface area contributed by atoms with E-state index in [1.54, 1.807) is 40.8 Å². The van der Waals surface area contributed by atoms with Crippen LogP contribution in [0.25, 0.3) is 0 Å². The van der Waals surface area contributed by atoms with Crippen molar-refractivity contribution in [3.05, 3.63) is 65.3 Å². The van der Waals surface area contributed by atoms with Gasteiger partial charge in [0.05, 0.1) is 12.8 Å². The molecule has 0 aliphatic heterocycles. The van der Waals surface area contributed by atoms with Crippen molar-refractivity contribution in [2.45, 2.75) is 13.0 Å². The number of hydrogen-bond acceptors (Lipinski definition) is 7. The van der Waals surface area contributed by atoms with Gasteiger partial charge in [0, 0.05) is 37.1 Å². The molecule has 0 unspecified atom stereocenters. The molecule has 0 aliphatic rings. The van der Waals surface area contributed by atoms with Crippen molar-refractivity contribution in [3.63, 3.8) is 0 Å². The normalized spacial score (nSPS) is 10.9. The van der Waals surface area contributed by atoms with Gasteiger partial charge in [0.25, 0.3) is 5.91 Å². The summed E-state index contributed by atoms with van der Waals surface area (Å²) in [5.74, 6) is -0.136. The Labute approximate surface area is 190 Å². The molecule has 0 saturated heterocycles. The van der Waals surface area contributed by atoms with Gasteiger partial charge in [0.15, 0.2) is 5.13 Å². The molecule has 0 saturated carbocycles. The minimum atomic E-state index is -0.329. The van der Waals surface area contributed by atoms with Gasteiger partial charge in [0.1, 0.15) is 17.3 Å². The lowest BCUT2D eigenvalue weighted by Crippen LogP contribution is -2.36. The maximum atomic E-state index is 13.1. The van der Waals surface area contributed by atoms with Crippen LogP contribution in [0, 0.1) is 5.82 Å². The van der Waals surface area contributed by atoms with Gasteiger partial charge in [-0.1, -0.05) is 0 Å². The van der Waals surface area contributed by atoms with E-state index in [2.05, 4.69) is 15.6 Å². The molecule has 1 aromatic carbocycles. The van der Waals surface area contributed by atoms with Gasteiger partial charge in [-0.3, -0.25) is 9.59 Å². The third-order valence-electron chi connectivity index (χ3n) is 4.52. The molecule has 2 N–H and O–H groups in total. The molecular weight excluding hydrogens is 433 g/mol. The van der Waals surface area contributed by atoms with E-state index < -0.39 is 0 Å². The van der Waals surface area contributed by atoms with Crippen molar-refractivity contribution in [1.29, 1.82) is 0 Å². The monoisotopic (exact) mass is 459 g/mol. The third kappa shape index (κ3) is 7.17. The Bertz CT molecular complexity index is 1010. The topological polar surface area (TPSA) is 90.7 Å². The minimum absolute atomic E-state index is 0.124. The SMILES string of the molecule is CN(C)CCNC(=O)CCN(Cc1ccco1)C(=O)c1csc(Nc2ccc(F)cc2)n1. The number of amides is 2. The highest BCUT2D eigenvalue weighted by Crippen LogP contribution is 2.22. The Balaban J connectivity index is 1.63. The zero-order valence-electron chi connectivity index (χ0n) is 18.0. The van der Waals surface area contributed by atoms with Crippen molar-refractivity contribution in [3.8, 4) is 0 Å². The van der Waals surface area contributed by atoms with Crippen LogP contribution in [0.1, 0.15) is 22.7 Å². The molecule has 2 aromatic heterocycles. The van der Waals surface area contributed by atoms with Crippen LogP contribution in [0.4, 0.5) is 15.2 Å². The number of carbonyl (C=O) groups excluding carboxylic acids is 2. The number of nitrogens with zero attached hydrogens (tertiary/aromatic N) is 3. The van der Waals surface area contributed by atoms with E-state index in [0.29, 0.717) is 23.1 Å². The van der Waals surface area contributed by atoms with E-state index in [1.165, 1.54) is 23.5 Å². The molecule has 8 nitrogen and oxygen atoms in total. The van der Waals surface area contributed by atoms with E-state index >= 15 is 0 Å². The Kier molecular flexibility index (Phi) is 8.34. The second kappa shape index (κ2) is 11.4. The number of hydrogen-bond donors (Lipinski definition) is 2. The van der Waals surface area contributed by atoms with Gasteiger partial charge in [0.2, 0.25) is 5.91 Å². The van der Waals surface area contributed by atoms with E-state index in [9.17, 15) is 14.0 Å². The predicted molar refractivity (Wildman–Crippen MR) is 121 cm³/mol. The number of halogens is 1. The number of carbonyl (C=O) groups is 2. The fourth-order valence-corrected chi connectivity index (χ4v) is 3.54. The molecule has 0 aliphatic carbocycles. The van der Waals surface area contributed by atoms with Crippen LogP contribution in [-0.2, 0) is 11.3 Å². The largest absolute Gasteiger partial charge is 0.467 e. The first-order valence-corrected chi connectivity index (χ1v) is 11.0. The summed E-state index contributed by atoms with van der Waals surface area (Å²) in [6.45, 7) is 1.74. The number of anilines is 2. The highest BCUT2D eigenvalue weighted by molar-refractivity contribution is 7.14. The van der Waals surface area contributed by atoms with Gasteiger partial charge in [-0.2, -0.15) is 0 Å². The zero-order valence-corrected chi connectivity index (χ0v) is 18.8. The standard InChI is InChI=1S/C22H26FN5O3S/c1-27(2)12-10-24-20(29)9-11-28(14-18-4-3-13-31-18)21(30)19-15-32-22(26-19)25-17-7-5-16(23)6-8-17/h3-8,13,15H,9-12,14H2,1-2H3,(H,24,29)(H,25,26). The Hall–Kier alpha value is -3.24. The lowest BCUT2D eigenvalue weighted by molar-refractivity contribution is -0.121. The zero-order chi connectivity index (χ0) is 22.9. The number of furan rings is 1. The molecule has 3 rings (SSSR count). The van der Waals surface area contributed by atoms with Crippen LogP contribution < -0.4 is 10.6 Å². The smallest absolute Gasteiger partial charge is 0.273 e. The molecule has 170 valence electrons. The number of likely N-dealkylation sites (N-methyl/N-ethyl adjacent to an activating group) is 1. The first-order valence-electron chi connectivity index (χ1n) is 10.1. The van der Waals surface area contributed by atoms with Crippen LogP contribution in [0.2, 0.25) is 0 Å². The molecular formula is C22H26FN5O3S. The summed E-state index contributed by atoms with van der Waals surface area (Å²) in [5, 5.41) is 8.07. The molecule has 0 fully saturated rings. The Morgan fingerprint density at radius 3 is 2.62 bits per heavy atom. The van der Waals surface area contributed by atoms with E-state index in [1.807, 2.05) is 19.0 Å². The fourth-order valence-electron chi connectivity index (χ4n) is 2.83. The minimum Gasteiger partial charge on any atom is -0.467 e.